The molecule has 1 aromatic heterocycles. The molecule has 28 heavy (non-hydrogen) atoms. The van der Waals surface area contributed by atoms with Crippen LogP contribution in [-0.4, -0.2) is 37.8 Å². The number of esters is 1. The van der Waals surface area contributed by atoms with Gasteiger partial charge in [0.05, 0.1) is 12.7 Å². The number of benzene rings is 1. The molecule has 9 heteroatoms. The molecule has 0 atom stereocenters. The maximum Gasteiger partial charge on any atom is 0.342 e. The summed E-state index contributed by atoms with van der Waals surface area (Å²) in [6.07, 6.45) is 4.54. The molecule has 0 spiro atoms. The van der Waals surface area contributed by atoms with E-state index < -0.39 is 24.4 Å². The zero-order chi connectivity index (χ0) is 20.3. The quantitative estimate of drug-likeness (QED) is 0.527. The van der Waals surface area contributed by atoms with Crippen molar-refractivity contribution in [3.8, 4) is 5.75 Å². The molecule has 3 N–H and O–H groups in total. The molecule has 1 aliphatic carbocycles. The second-order valence-electron chi connectivity index (χ2n) is 6.12. The summed E-state index contributed by atoms with van der Waals surface area (Å²) in [5.74, 6) is -1.38. The topological polar surface area (TPSA) is 108 Å². The molecule has 7 nitrogen and oxygen atoms in total. The smallest absolute Gasteiger partial charge is 0.342 e. The van der Waals surface area contributed by atoms with Crippen molar-refractivity contribution in [2.75, 3.05) is 25.3 Å². The van der Waals surface area contributed by atoms with Crippen LogP contribution in [0.25, 0.3) is 0 Å². The second kappa shape index (κ2) is 8.66. The van der Waals surface area contributed by atoms with Crippen LogP contribution in [0.1, 0.15) is 37.6 Å². The van der Waals surface area contributed by atoms with Crippen molar-refractivity contribution in [1.82, 2.24) is 0 Å². The van der Waals surface area contributed by atoms with Crippen LogP contribution < -0.4 is 15.8 Å². The first-order valence-electron chi connectivity index (χ1n) is 8.58. The summed E-state index contributed by atoms with van der Waals surface area (Å²) in [4.78, 5) is 38.3. The Morgan fingerprint density at radius 3 is 2.75 bits per heavy atom. The molecule has 1 aliphatic rings. The summed E-state index contributed by atoms with van der Waals surface area (Å²) in [6, 6.07) is 5.10. The lowest BCUT2D eigenvalue weighted by Crippen LogP contribution is -2.23. The zero-order valence-corrected chi connectivity index (χ0v) is 17.1. The average Bonchev–Trinajstić information content (AvgIpc) is 3.25. The first kappa shape index (κ1) is 20.2. The summed E-state index contributed by atoms with van der Waals surface area (Å²) in [5, 5.41) is 3.06. The normalized spacial score (nSPS) is 12.4. The van der Waals surface area contributed by atoms with Gasteiger partial charge in [-0.25, -0.2) is 4.79 Å². The number of fused-ring (bicyclic) bond motifs is 1. The molecule has 0 saturated carbocycles. The van der Waals surface area contributed by atoms with E-state index in [2.05, 4.69) is 5.32 Å². The summed E-state index contributed by atoms with van der Waals surface area (Å²) < 4.78 is 10.3. The molecule has 0 unspecified atom stereocenters. The minimum Gasteiger partial charge on any atom is -0.496 e. The number of methoxy groups -OCH3 is 1. The highest BCUT2D eigenvalue weighted by Crippen LogP contribution is 2.38. The lowest BCUT2D eigenvalue weighted by Gasteiger charge is -2.10. The average molecular weight is 421 g/mol. The van der Waals surface area contributed by atoms with E-state index in [9.17, 15) is 14.4 Å². The molecule has 1 aromatic carbocycles. The molecular weight excluding hydrogens is 400 g/mol. The minimum absolute atomic E-state index is 0.237. The van der Waals surface area contributed by atoms with Crippen LogP contribution >= 0.6 is 23.1 Å². The van der Waals surface area contributed by atoms with Gasteiger partial charge in [-0.1, -0.05) is 0 Å². The van der Waals surface area contributed by atoms with Gasteiger partial charge in [0, 0.05) is 9.77 Å². The molecule has 0 fully saturated rings. The predicted octanol–water partition coefficient (Wildman–Crippen LogP) is 2.86. The molecule has 0 saturated heterocycles. The number of hydrogen-bond acceptors (Lipinski definition) is 7. The number of rotatable bonds is 7. The zero-order valence-electron chi connectivity index (χ0n) is 15.5. The fraction of sp³-hybridized carbons (Fsp3) is 0.316. The van der Waals surface area contributed by atoms with Gasteiger partial charge < -0.3 is 20.5 Å². The molecule has 0 bridgehead atoms. The summed E-state index contributed by atoms with van der Waals surface area (Å²) in [5.41, 5.74) is 7.00. The number of primary amides is 1. The molecule has 1 heterocycles. The largest absolute Gasteiger partial charge is 0.496 e. The van der Waals surface area contributed by atoms with Gasteiger partial charge in [0.2, 0.25) is 0 Å². The number of carbonyl (C=O) groups is 3. The highest BCUT2D eigenvalue weighted by molar-refractivity contribution is 7.98. The Kier molecular flexibility index (Phi) is 6.25. The monoisotopic (exact) mass is 420 g/mol. The maximum absolute atomic E-state index is 12.3. The summed E-state index contributed by atoms with van der Waals surface area (Å²) in [7, 11) is 1.46. The number of aryl methyl sites for hydroxylation is 1. The van der Waals surface area contributed by atoms with Gasteiger partial charge in [0.1, 0.15) is 16.3 Å². The van der Waals surface area contributed by atoms with Crippen LogP contribution in [-0.2, 0) is 22.4 Å². The van der Waals surface area contributed by atoms with E-state index in [-0.39, 0.29) is 5.56 Å². The van der Waals surface area contributed by atoms with Gasteiger partial charge in [-0.05, 0) is 49.3 Å². The van der Waals surface area contributed by atoms with Crippen LogP contribution in [0.5, 0.6) is 5.75 Å². The van der Waals surface area contributed by atoms with E-state index in [0.717, 1.165) is 34.6 Å². The number of nitrogens with two attached hydrogens (primary N) is 1. The molecule has 3 rings (SSSR count). The van der Waals surface area contributed by atoms with Gasteiger partial charge >= 0.3 is 5.97 Å². The predicted molar refractivity (Wildman–Crippen MR) is 109 cm³/mol. The van der Waals surface area contributed by atoms with E-state index in [1.807, 2.05) is 6.26 Å². The fourth-order valence-electron chi connectivity index (χ4n) is 3.09. The van der Waals surface area contributed by atoms with Crippen LogP contribution in [0.3, 0.4) is 0 Å². The van der Waals surface area contributed by atoms with Crippen molar-refractivity contribution in [2.45, 2.75) is 24.2 Å². The summed E-state index contributed by atoms with van der Waals surface area (Å²) >= 11 is 2.87. The van der Waals surface area contributed by atoms with Crippen molar-refractivity contribution in [2.24, 2.45) is 5.73 Å². The number of hydrogen-bond donors (Lipinski definition) is 2. The van der Waals surface area contributed by atoms with Crippen LogP contribution in [0.4, 0.5) is 5.00 Å². The van der Waals surface area contributed by atoms with E-state index in [0.29, 0.717) is 16.3 Å². The number of carbonyl (C=O) groups excluding carboxylic acids is 3. The number of ether oxygens (including phenoxy) is 2. The standard InChI is InChI=1S/C19H20N2O5S2/c1-25-13-8-10(27-2)6-7-11(13)19(24)26-9-15(22)21-18-16(17(20)23)12-4-3-5-14(12)28-18/h6-8H,3-5,9H2,1-2H3,(H2,20,23)(H,21,22). The Morgan fingerprint density at radius 2 is 2.07 bits per heavy atom. The van der Waals surface area contributed by atoms with Crippen molar-refractivity contribution >= 4 is 45.9 Å². The Labute approximate surface area is 170 Å². The third-order valence-corrected chi connectivity index (χ3v) is 6.32. The third kappa shape index (κ3) is 4.15. The maximum atomic E-state index is 12.3. The third-order valence-electron chi connectivity index (χ3n) is 4.38. The molecular formula is C19H20N2O5S2. The SMILES string of the molecule is COc1cc(SC)ccc1C(=O)OCC(=O)Nc1sc2c(c1C(N)=O)CCC2. The Hall–Kier alpha value is -2.52. The van der Waals surface area contributed by atoms with Gasteiger partial charge in [-0.3, -0.25) is 9.59 Å². The van der Waals surface area contributed by atoms with Crippen molar-refractivity contribution in [3.63, 3.8) is 0 Å². The fourth-order valence-corrected chi connectivity index (χ4v) is 4.83. The Balaban J connectivity index is 1.65. The van der Waals surface area contributed by atoms with Gasteiger partial charge in [-0.15, -0.1) is 23.1 Å². The van der Waals surface area contributed by atoms with Crippen LogP contribution in [0.2, 0.25) is 0 Å². The Bertz CT molecular complexity index is 939. The van der Waals surface area contributed by atoms with Gasteiger partial charge in [0.15, 0.2) is 6.61 Å². The van der Waals surface area contributed by atoms with E-state index >= 15 is 0 Å². The lowest BCUT2D eigenvalue weighted by atomic mass is 10.1. The second-order valence-corrected chi connectivity index (χ2v) is 8.10. The molecule has 2 aromatic rings. The van der Waals surface area contributed by atoms with Crippen LogP contribution in [0.15, 0.2) is 23.1 Å². The van der Waals surface area contributed by atoms with Crippen molar-refractivity contribution in [1.29, 1.82) is 0 Å². The minimum atomic E-state index is -0.663. The molecule has 0 radical (unpaired) electrons. The van der Waals surface area contributed by atoms with Gasteiger partial charge in [-0.2, -0.15) is 0 Å². The van der Waals surface area contributed by atoms with Crippen LogP contribution in [0, 0.1) is 0 Å². The number of thioether (sulfide) groups is 1. The first-order valence-corrected chi connectivity index (χ1v) is 10.6. The van der Waals surface area contributed by atoms with E-state index in [4.69, 9.17) is 15.2 Å². The first-order chi connectivity index (χ1) is 13.4. The molecule has 0 aliphatic heterocycles. The Morgan fingerprint density at radius 1 is 1.29 bits per heavy atom. The number of thiophene rings is 1. The number of nitrogens with one attached hydrogen (secondary N) is 1. The van der Waals surface area contributed by atoms with E-state index in [1.165, 1.54) is 30.2 Å². The highest BCUT2D eigenvalue weighted by Gasteiger charge is 2.26. The van der Waals surface area contributed by atoms with Crippen molar-refractivity contribution < 1.29 is 23.9 Å². The summed E-state index contributed by atoms with van der Waals surface area (Å²) in [6.45, 7) is -0.479. The molecule has 148 valence electrons. The molecule has 2 amide bonds. The van der Waals surface area contributed by atoms with Crippen molar-refractivity contribution in [3.05, 3.63) is 39.8 Å². The van der Waals surface area contributed by atoms with Gasteiger partial charge in [0.25, 0.3) is 11.8 Å². The number of anilines is 1. The van der Waals surface area contributed by atoms with E-state index in [1.54, 1.807) is 18.2 Å². The number of amides is 2. The lowest BCUT2D eigenvalue weighted by molar-refractivity contribution is -0.119. The highest BCUT2D eigenvalue weighted by atomic mass is 32.2.